The molecular weight excluding hydrogens is 335 g/mol. The molecule has 0 spiro atoms. The van der Waals surface area contributed by atoms with E-state index in [1.165, 1.54) is 28.4 Å². The summed E-state index contributed by atoms with van der Waals surface area (Å²) in [4.78, 5) is 0. The van der Waals surface area contributed by atoms with Gasteiger partial charge in [0.2, 0.25) is 0 Å². The Kier molecular flexibility index (Phi) is 5.04. The van der Waals surface area contributed by atoms with E-state index in [2.05, 4.69) is 66.1 Å². The van der Waals surface area contributed by atoms with E-state index in [-0.39, 0.29) is 0 Å². The molecule has 18 heavy (non-hydrogen) atoms. The summed E-state index contributed by atoms with van der Waals surface area (Å²) >= 11 is 2.36. The molecule has 3 N–H and O–H groups in total. The van der Waals surface area contributed by atoms with Crippen LogP contribution in [0.5, 0.6) is 0 Å². The fourth-order valence-electron chi connectivity index (χ4n) is 3.10. The van der Waals surface area contributed by atoms with Gasteiger partial charge in [-0.25, -0.2) is 0 Å². The first-order valence-corrected chi connectivity index (χ1v) is 7.91. The van der Waals surface area contributed by atoms with Crippen molar-refractivity contribution >= 4 is 22.6 Å². The van der Waals surface area contributed by atoms with Crippen LogP contribution in [0, 0.1) is 21.3 Å². The Balaban J connectivity index is 2.14. The van der Waals surface area contributed by atoms with Crippen molar-refractivity contribution in [2.75, 3.05) is 0 Å². The lowest BCUT2D eigenvalue weighted by Gasteiger charge is -2.36. The molecule has 4 atom stereocenters. The highest BCUT2D eigenvalue weighted by molar-refractivity contribution is 14.1. The van der Waals surface area contributed by atoms with Crippen molar-refractivity contribution < 1.29 is 0 Å². The maximum atomic E-state index is 5.81. The highest BCUT2D eigenvalue weighted by atomic mass is 127. The summed E-state index contributed by atoms with van der Waals surface area (Å²) in [6, 6.07) is 8.98. The number of rotatable bonds is 3. The highest BCUT2D eigenvalue weighted by Gasteiger charge is 2.30. The first-order valence-electron chi connectivity index (χ1n) is 6.83. The molecule has 1 aromatic rings. The second-order valence-electron chi connectivity index (χ2n) is 5.73. The van der Waals surface area contributed by atoms with E-state index in [9.17, 15) is 0 Å². The molecule has 0 aromatic heterocycles. The number of hydrogen-bond acceptors (Lipinski definition) is 2. The predicted octanol–water partition coefficient (Wildman–Crippen LogP) is 3.87. The Morgan fingerprint density at radius 2 is 2.06 bits per heavy atom. The first kappa shape index (κ1) is 14.3. The van der Waals surface area contributed by atoms with E-state index >= 15 is 0 Å². The van der Waals surface area contributed by atoms with Crippen molar-refractivity contribution in [3.05, 3.63) is 33.4 Å². The second kappa shape index (κ2) is 6.35. The average molecular weight is 358 g/mol. The van der Waals surface area contributed by atoms with Gasteiger partial charge in [-0.15, -0.1) is 0 Å². The topological polar surface area (TPSA) is 38.0 Å². The van der Waals surface area contributed by atoms with Gasteiger partial charge >= 0.3 is 0 Å². The van der Waals surface area contributed by atoms with E-state index in [4.69, 9.17) is 5.84 Å². The van der Waals surface area contributed by atoms with Crippen LogP contribution in [-0.4, -0.2) is 0 Å². The summed E-state index contributed by atoms with van der Waals surface area (Å²) in [6.45, 7) is 4.75. The van der Waals surface area contributed by atoms with Crippen LogP contribution < -0.4 is 11.3 Å². The smallest absolute Gasteiger partial charge is 0.0488 e. The number of nitrogens with two attached hydrogens (primary N) is 1. The Labute approximate surface area is 124 Å². The molecule has 1 aliphatic carbocycles. The zero-order valence-electron chi connectivity index (χ0n) is 11.2. The van der Waals surface area contributed by atoms with Crippen LogP contribution in [0.4, 0.5) is 0 Å². The summed E-state index contributed by atoms with van der Waals surface area (Å²) in [7, 11) is 0. The molecule has 0 aliphatic heterocycles. The van der Waals surface area contributed by atoms with Gasteiger partial charge in [0.05, 0.1) is 0 Å². The lowest BCUT2D eigenvalue weighted by atomic mass is 9.72. The Morgan fingerprint density at radius 1 is 1.28 bits per heavy atom. The third-order valence-corrected chi connectivity index (χ3v) is 5.17. The number of benzene rings is 1. The summed E-state index contributed by atoms with van der Waals surface area (Å²) in [6.07, 6.45) is 3.89. The predicted molar refractivity (Wildman–Crippen MR) is 84.9 cm³/mol. The summed E-state index contributed by atoms with van der Waals surface area (Å²) in [5.74, 6) is 8.14. The SMILES string of the molecule is CC1CCC(C(NN)c2cccc(I)c2)CC1C. The number of hydrazine groups is 1. The van der Waals surface area contributed by atoms with Crippen LogP contribution in [0.25, 0.3) is 0 Å². The van der Waals surface area contributed by atoms with Gasteiger partial charge in [0.15, 0.2) is 0 Å². The minimum absolute atomic E-state index is 0.301. The first-order chi connectivity index (χ1) is 8.61. The third kappa shape index (κ3) is 3.25. The van der Waals surface area contributed by atoms with Crippen LogP contribution in [0.2, 0.25) is 0 Å². The van der Waals surface area contributed by atoms with Gasteiger partial charge in [0.25, 0.3) is 0 Å². The average Bonchev–Trinajstić information content (AvgIpc) is 2.35. The molecule has 0 heterocycles. The van der Waals surface area contributed by atoms with Gasteiger partial charge in [-0.3, -0.25) is 11.3 Å². The van der Waals surface area contributed by atoms with Crippen LogP contribution in [0.15, 0.2) is 24.3 Å². The summed E-state index contributed by atoms with van der Waals surface area (Å²) < 4.78 is 1.28. The Bertz CT molecular complexity index is 394. The minimum Gasteiger partial charge on any atom is -0.271 e. The number of nitrogens with one attached hydrogen (secondary N) is 1. The molecule has 2 rings (SSSR count). The third-order valence-electron chi connectivity index (χ3n) is 4.50. The standard InChI is InChI=1S/C15H23IN2/c1-10-6-7-13(8-11(10)2)15(18-17)12-4-3-5-14(16)9-12/h3-5,9-11,13,15,18H,6-8,17H2,1-2H3. The second-order valence-corrected chi connectivity index (χ2v) is 6.97. The van der Waals surface area contributed by atoms with E-state index in [1.54, 1.807) is 0 Å². The maximum Gasteiger partial charge on any atom is 0.0488 e. The van der Waals surface area contributed by atoms with Crippen molar-refractivity contribution in [2.45, 2.75) is 39.2 Å². The number of hydrogen-bond donors (Lipinski definition) is 2. The van der Waals surface area contributed by atoms with Gasteiger partial charge in [-0.1, -0.05) is 32.4 Å². The van der Waals surface area contributed by atoms with Gasteiger partial charge in [0, 0.05) is 9.61 Å². The molecule has 0 bridgehead atoms. The molecule has 1 fully saturated rings. The largest absolute Gasteiger partial charge is 0.271 e. The molecule has 1 saturated carbocycles. The molecule has 0 amide bonds. The van der Waals surface area contributed by atoms with Crippen LogP contribution in [0.3, 0.4) is 0 Å². The molecule has 0 saturated heterocycles. The summed E-state index contributed by atoms with van der Waals surface area (Å²) in [5, 5.41) is 0. The lowest BCUT2D eigenvalue weighted by Crippen LogP contribution is -2.36. The van der Waals surface area contributed by atoms with Crippen LogP contribution in [0.1, 0.15) is 44.7 Å². The van der Waals surface area contributed by atoms with E-state index in [0.717, 1.165) is 11.8 Å². The maximum absolute atomic E-state index is 5.81. The number of halogens is 1. The highest BCUT2D eigenvalue weighted by Crippen LogP contribution is 2.39. The van der Waals surface area contributed by atoms with E-state index in [0.29, 0.717) is 12.0 Å². The fraction of sp³-hybridized carbons (Fsp3) is 0.600. The quantitative estimate of drug-likeness (QED) is 0.489. The molecular formula is C15H23IN2. The summed E-state index contributed by atoms with van der Waals surface area (Å²) in [5.41, 5.74) is 4.38. The van der Waals surface area contributed by atoms with E-state index < -0.39 is 0 Å². The van der Waals surface area contributed by atoms with Crippen LogP contribution in [-0.2, 0) is 0 Å². The van der Waals surface area contributed by atoms with Crippen LogP contribution >= 0.6 is 22.6 Å². The minimum atomic E-state index is 0.301. The molecule has 4 unspecified atom stereocenters. The van der Waals surface area contributed by atoms with Crippen molar-refractivity contribution in [3.8, 4) is 0 Å². The zero-order valence-corrected chi connectivity index (χ0v) is 13.4. The molecule has 1 aromatic carbocycles. The molecule has 2 nitrogen and oxygen atoms in total. The van der Waals surface area contributed by atoms with Crippen molar-refractivity contribution in [1.82, 2.24) is 5.43 Å². The van der Waals surface area contributed by atoms with Gasteiger partial charge in [-0.05, 0) is 70.9 Å². The molecule has 1 aliphatic rings. The van der Waals surface area contributed by atoms with Crippen molar-refractivity contribution in [3.63, 3.8) is 0 Å². The molecule has 100 valence electrons. The Hall–Kier alpha value is -0.130. The zero-order chi connectivity index (χ0) is 13.1. The monoisotopic (exact) mass is 358 g/mol. The normalized spacial score (nSPS) is 30.1. The van der Waals surface area contributed by atoms with Gasteiger partial charge in [0.1, 0.15) is 0 Å². The van der Waals surface area contributed by atoms with Gasteiger partial charge in [-0.2, -0.15) is 0 Å². The molecule has 0 radical (unpaired) electrons. The Morgan fingerprint density at radius 3 is 2.67 bits per heavy atom. The lowest BCUT2D eigenvalue weighted by molar-refractivity contribution is 0.171. The van der Waals surface area contributed by atoms with E-state index in [1.807, 2.05) is 0 Å². The van der Waals surface area contributed by atoms with Gasteiger partial charge < -0.3 is 0 Å². The van der Waals surface area contributed by atoms with Crippen molar-refractivity contribution in [2.24, 2.45) is 23.6 Å². The fourth-order valence-corrected chi connectivity index (χ4v) is 3.66. The van der Waals surface area contributed by atoms with Crippen molar-refractivity contribution in [1.29, 1.82) is 0 Å². The molecule has 3 heteroatoms.